The number of rotatable bonds is 1. The predicted molar refractivity (Wildman–Crippen MR) is 59.0 cm³/mol. The SMILES string of the molecule is [CH2]Cn1nc2ccc(F)c3c2c1[C@H](C)CO3. The molecule has 3 nitrogen and oxygen atoms in total. The van der Waals surface area contributed by atoms with Gasteiger partial charge in [-0.15, -0.1) is 0 Å². The van der Waals surface area contributed by atoms with Crippen LogP contribution in [0.2, 0.25) is 0 Å². The van der Waals surface area contributed by atoms with Crippen molar-refractivity contribution in [1.29, 1.82) is 0 Å². The second-order valence-corrected chi connectivity index (χ2v) is 4.09. The Hall–Kier alpha value is -1.58. The monoisotopic (exact) mass is 219 g/mol. The summed E-state index contributed by atoms with van der Waals surface area (Å²) in [5.41, 5.74) is 1.81. The summed E-state index contributed by atoms with van der Waals surface area (Å²) in [7, 11) is 0. The van der Waals surface area contributed by atoms with Gasteiger partial charge in [-0.2, -0.15) is 5.10 Å². The van der Waals surface area contributed by atoms with Crippen LogP contribution in [0.5, 0.6) is 5.75 Å². The number of aromatic nitrogens is 2. The van der Waals surface area contributed by atoms with E-state index >= 15 is 0 Å². The molecular formula is C12H12FN2O. The van der Waals surface area contributed by atoms with Crippen LogP contribution in [0.25, 0.3) is 10.9 Å². The molecule has 0 saturated heterocycles. The number of nitrogens with zero attached hydrogens (tertiary/aromatic N) is 2. The zero-order valence-electron chi connectivity index (χ0n) is 9.03. The van der Waals surface area contributed by atoms with Crippen molar-refractivity contribution < 1.29 is 9.13 Å². The summed E-state index contributed by atoms with van der Waals surface area (Å²) in [5.74, 6) is 0.246. The van der Waals surface area contributed by atoms with Gasteiger partial charge in [0.2, 0.25) is 0 Å². The molecule has 1 aromatic heterocycles. The molecule has 0 amide bonds. The molecule has 2 aromatic rings. The van der Waals surface area contributed by atoms with Crippen LogP contribution in [0.15, 0.2) is 12.1 Å². The lowest BCUT2D eigenvalue weighted by atomic mass is 10.0. The standard InChI is InChI=1S/C12H12FN2O/c1-3-15-11-7(2)6-16-12-8(13)4-5-9(14-15)10(11)12/h4-5,7H,1,3,6H2,2H3/t7-/m1/s1. The van der Waals surface area contributed by atoms with E-state index in [0.717, 1.165) is 16.6 Å². The Morgan fingerprint density at radius 1 is 1.62 bits per heavy atom. The molecule has 0 N–H and O–H groups in total. The molecule has 3 rings (SSSR count). The molecule has 1 aromatic carbocycles. The minimum Gasteiger partial charge on any atom is -0.489 e. The van der Waals surface area contributed by atoms with Crippen LogP contribution in [0.4, 0.5) is 4.39 Å². The second-order valence-electron chi connectivity index (χ2n) is 4.09. The summed E-state index contributed by atoms with van der Waals surface area (Å²) >= 11 is 0. The van der Waals surface area contributed by atoms with Gasteiger partial charge in [0.1, 0.15) is 0 Å². The number of benzene rings is 1. The maximum atomic E-state index is 13.6. The van der Waals surface area contributed by atoms with Gasteiger partial charge in [-0.25, -0.2) is 4.39 Å². The molecule has 1 atom stereocenters. The first kappa shape index (κ1) is 9.63. The van der Waals surface area contributed by atoms with Crippen LogP contribution in [0, 0.1) is 12.7 Å². The lowest BCUT2D eigenvalue weighted by molar-refractivity contribution is 0.271. The topological polar surface area (TPSA) is 27.1 Å². The fraction of sp³-hybridized carbons (Fsp3) is 0.333. The summed E-state index contributed by atoms with van der Waals surface area (Å²) in [6.45, 7) is 6.93. The summed E-state index contributed by atoms with van der Waals surface area (Å²) in [6.07, 6.45) is 0. The smallest absolute Gasteiger partial charge is 0.166 e. The van der Waals surface area contributed by atoms with Crippen LogP contribution < -0.4 is 4.74 Å². The third-order valence-electron chi connectivity index (χ3n) is 3.01. The van der Waals surface area contributed by atoms with Crippen LogP contribution >= 0.6 is 0 Å². The second kappa shape index (κ2) is 3.20. The minimum atomic E-state index is -0.315. The Balaban J connectivity index is 2.44. The Bertz CT molecular complexity index is 562. The van der Waals surface area contributed by atoms with Crippen molar-refractivity contribution in [2.24, 2.45) is 0 Å². The first-order valence-electron chi connectivity index (χ1n) is 5.33. The first-order chi connectivity index (χ1) is 7.72. The number of halogens is 1. The fourth-order valence-electron chi connectivity index (χ4n) is 2.29. The third kappa shape index (κ3) is 1.10. The maximum Gasteiger partial charge on any atom is 0.166 e. The molecule has 4 heteroatoms. The van der Waals surface area contributed by atoms with Crippen molar-refractivity contribution in [2.45, 2.75) is 19.4 Å². The molecule has 1 radical (unpaired) electrons. The average Bonchev–Trinajstić information content (AvgIpc) is 2.66. The Morgan fingerprint density at radius 3 is 3.19 bits per heavy atom. The van der Waals surface area contributed by atoms with Crippen LogP contribution in [-0.4, -0.2) is 16.4 Å². The highest BCUT2D eigenvalue weighted by Crippen LogP contribution is 2.39. The highest BCUT2D eigenvalue weighted by molar-refractivity contribution is 5.89. The predicted octanol–water partition coefficient (Wildman–Crippen LogP) is 2.51. The van der Waals surface area contributed by atoms with Crippen LogP contribution in [0.3, 0.4) is 0 Å². The molecule has 0 fully saturated rings. The van der Waals surface area contributed by atoms with Crippen molar-refractivity contribution in [3.63, 3.8) is 0 Å². The van der Waals surface area contributed by atoms with E-state index in [1.165, 1.54) is 6.07 Å². The van der Waals surface area contributed by atoms with E-state index in [4.69, 9.17) is 4.74 Å². The Kier molecular flexibility index (Phi) is 1.93. The van der Waals surface area contributed by atoms with Crippen molar-refractivity contribution in [2.75, 3.05) is 6.61 Å². The van der Waals surface area contributed by atoms with Crippen molar-refractivity contribution in [3.8, 4) is 5.75 Å². The number of ether oxygens (including phenoxy) is 1. The highest BCUT2D eigenvalue weighted by atomic mass is 19.1. The quantitative estimate of drug-likeness (QED) is 0.736. The van der Waals surface area contributed by atoms with Gasteiger partial charge < -0.3 is 4.74 Å². The van der Waals surface area contributed by atoms with Crippen LogP contribution in [-0.2, 0) is 6.54 Å². The van der Waals surface area contributed by atoms with Crippen molar-refractivity contribution in [1.82, 2.24) is 9.78 Å². The van der Waals surface area contributed by atoms with Gasteiger partial charge in [-0.3, -0.25) is 4.68 Å². The molecule has 1 aliphatic rings. The summed E-state index contributed by atoms with van der Waals surface area (Å²) < 4.78 is 20.9. The normalized spacial score (nSPS) is 18.8. The fourth-order valence-corrected chi connectivity index (χ4v) is 2.29. The zero-order chi connectivity index (χ0) is 11.3. The van der Waals surface area contributed by atoms with E-state index in [0.29, 0.717) is 18.9 Å². The largest absolute Gasteiger partial charge is 0.489 e. The van der Waals surface area contributed by atoms with E-state index in [9.17, 15) is 4.39 Å². The summed E-state index contributed by atoms with van der Waals surface area (Å²) in [4.78, 5) is 0. The highest BCUT2D eigenvalue weighted by Gasteiger charge is 2.27. The van der Waals surface area contributed by atoms with E-state index in [1.54, 1.807) is 6.07 Å². The minimum absolute atomic E-state index is 0.223. The molecular weight excluding hydrogens is 207 g/mol. The van der Waals surface area contributed by atoms with Crippen molar-refractivity contribution >= 4 is 10.9 Å². The molecule has 0 aliphatic carbocycles. The summed E-state index contributed by atoms with van der Waals surface area (Å²) in [6, 6.07) is 3.09. The van der Waals surface area contributed by atoms with E-state index < -0.39 is 0 Å². The molecule has 16 heavy (non-hydrogen) atoms. The van der Waals surface area contributed by atoms with Crippen LogP contribution in [0.1, 0.15) is 18.5 Å². The van der Waals surface area contributed by atoms with Gasteiger partial charge in [0.05, 0.1) is 23.2 Å². The van der Waals surface area contributed by atoms with E-state index in [2.05, 4.69) is 18.9 Å². The maximum absolute atomic E-state index is 13.6. The average molecular weight is 219 g/mol. The lowest BCUT2D eigenvalue weighted by Gasteiger charge is -2.21. The Labute approximate surface area is 92.8 Å². The molecule has 0 saturated carbocycles. The van der Waals surface area contributed by atoms with Gasteiger partial charge in [-0.05, 0) is 19.1 Å². The molecule has 1 aliphatic heterocycles. The molecule has 0 spiro atoms. The summed E-state index contributed by atoms with van der Waals surface area (Å²) in [5, 5.41) is 5.21. The van der Waals surface area contributed by atoms with Crippen molar-refractivity contribution in [3.05, 3.63) is 30.6 Å². The molecule has 0 bridgehead atoms. The molecule has 2 heterocycles. The lowest BCUT2D eigenvalue weighted by Crippen LogP contribution is -2.17. The van der Waals surface area contributed by atoms with Gasteiger partial charge in [0, 0.05) is 12.5 Å². The van der Waals surface area contributed by atoms with Gasteiger partial charge in [0.15, 0.2) is 11.6 Å². The Morgan fingerprint density at radius 2 is 2.44 bits per heavy atom. The number of hydrogen-bond donors (Lipinski definition) is 0. The van der Waals surface area contributed by atoms with E-state index in [-0.39, 0.29) is 11.7 Å². The van der Waals surface area contributed by atoms with Gasteiger partial charge >= 0.3 is 0 Å². The zero-order valence-corrected chi connectivity index (χ0v) is 9.03. The van der Waals surface area contributed by atoms with Gasteiger partial charge in [-0.1, -0.05) is 6.92 Å². The molecule has 83 valence electrons. The van der Waals surface area contributed by atoms with E-state index in [1.807, 2.05) is 4.68 Å². The molecule has 0 unspecified atom stereocenters. The van der Waals surface area contributed by atoms with Gasteiger partial charge in [0.25, 0.3) is 0 Å². The first-order valence-corrected chi connectivity index (χ1v) is 5.33. The number of hydrogen-bond acceptors (Lipinski definition) is 2. The third-order valence-corrected chi connectivity index (χ3v) is 3.01.